The van der Waals surface area contributed by atoms with Crippen LogP contribution in [0, 0.1) is 0 Å². The molecule has 2 heteroatoms. The van der Waals surface area contributed by atoms with E-state index in [-0.39, 0.29) is 0 Å². The van der Waals surface area contributed by atoms with E-state index in [0.717, 1.165) is 18.1 Å². The highest BCUT2D eigenvalue weighted by Crippen LogP contribution is 2.08. The van der Waals surface area contributed by atoms with Crippen molar-refractivity contribution in [2.24, 2.45) is 0 Å². The summed E-state index contributed by atoms with van der Waals surface area (Å²) in [6.07, 6.45) is 6.25. The number of aliphatic carboxylic acids is 1. The van der Waals surface area contributed by atoms with Crippen molar-refractivity contribution >= 4 is 12.0 Å². The number of unbranched alkanes of at least 4 members (excludes halogenated alkanes) is 1. The van der Waals surface area contributed by atoms with E-state index in [1.165, 1.54) is 18.4 Å². The van der Waals surface area contributed by atoms with Gasteiger partial charge in [0.25, 0.3) is 0 Å². The lowest BCUT2D eigenvalue weighted by molar-refractivity contribution is -0.131. The van der Waals surface area contributed by atoms with E-state index < -0.39 is 5.97 Å². The second-order valence-corrected chi connectivity index (χ2v) is 3.52. The van der Waals surface area contributed by atoms with E-state index in [4.69, 9.17) is 5.11 Å². The molecule has 0 bridgehead atoms. The molecule has 15 heavy (non-hydrogen) atoms. The fourth-order valence-electron chi connectivity index (χ4n) is 1.34. The highest BCUT2D eigenvalue weighted by Gasteiger charge is 1.93. The first kappa shape index (κ1) is 11.5. The van der Waals surface area contributed by atoms with Crippen LogP contribution in [-0.2, 0) is 11.2 Å². The molecule has 0 aromatic heterocycles. The van der Waals surface area contributed by atoms with Gasteiger partial charge in [0.2, 0.25) is 0 Å². The van der Waals surface area contributed by atoms with E-state index in [0.29, 0.717) is 0 Å². The number of rotatable bonds is 5. The van der Waals surface area contributed by atoms with Crippen molar-refractivity contribution < 1.29 is 9.90 Å². The van der Waals surface area contributed by atoms with Gasteiger partial charge in [-0.2, -0.15) is 0 Å². The Morgan fingerprint density at radius 3 is 2.53 bits per heavy atom. The molecule has 0 saturated heterocycles. The molecule has 0 unspecified atom stereocenters. The fraction of sp³-hybridized carbons (Fsp3) is 0.308. The summed E-state index contributed by atoms with van der Waals surface area (Å²) in [5.74, 6) is -0.912. The molecular weight excluding hydrogens is 188 g/mol. The van der Waals surface area contributed by atoms with Crippen molar-refractivity contribution in [1.29, 1.82) is 0 Å². The van der Waals surface area contributed by atoms with E-state index in [9.17, 15) is 4.79 Å². The monoisotopic (exact) mass is 204 g/mol. The van der Waals surface area contributed by atoms with Gasteiger partial charge in [0.1, 0.15) is 0 Å². The molecule has 1 rings (SSSR count). The Kier molecular flexibility index (Phi) is 4.61. The first-order valence-corrected chi connectivity index (χ1v) is 5.22. The summed E-state index contributed by atoms with van der Waals surface area (Å²) in [7, 11) is 0. The van der Waals surface area contributed by atoms with Crippen LogP contribution >= 0.6 is 0 Å². The minimum Gasteiger partial charge on any atom is -0.478 e. The quantitative estimate of drug-likeness (QED) is 0.748. The van der Waals surface area contributed by atoms with Gasteiger partial charge in [-0.15, -0.1) is 0 Å². The maximum absolute atomic E-state index is 10.3. The molecule has 0 amide bonds. The lowest BCUT2D eigenvalue weighted by Gasteiger charge is -1.99. The number of aryl methyl sites for hydroxylation is 1. The smallest absolute Gasteiger partial charge is 0.328 e. The molecule has 0 aliphatic heterocycles. The van der Waals surface area contributed by atoms with E-state index >= 15 is 0 Å². The molecule has 0 heterocycles. The summed E-state index contributed by atoms with van der Waals surface area (Å²) in [5.41, 5.74) is 2.24. The van der Waals surface area contributed by atoms with Crippen molar-refractivity contribution in [1.82, 2.24) is 0 Å². The summed E-state index contributed by atoms with van der Waals surface area (Å²) in [6, 6.07) is 8.00. The minimum absolute atomic E-state index is 0.912. The zero-order chi connectivity index (χ0) is 11.1. The SMILES string of the molecule is CCCCc1ccc(/C=C\C(=O)O)cc1. The van der Waals surface area contributed by atoms with Crippen LogP contribution in [0.5, 0.6) is 0 Å². The van der Waals surface area contributed by atoms with Crippen LogP contribution in [0.4, 0.5) is 0 Å². The largest absolute Gasteiger partial charge is 0.478 e. The lowest BCUT2D eigenvalue weighted by atomic mass is 10.1. The van der Waals surface area contributed by atoms with Crippen LogP contribution in [-0.4, -0.2) is 11.1 Å². The number of carboxylic acids is 1. The van der Waals surface area contributed by atoms with Crippen molar-refractivity contribution in [3.63, 3.8) is 0 Å². The van der Waals surface area contributed by atoms with Gasteiger partial charge in [-0.05, 0) is 30.0 Å². The van der Waals surface area contributed by atoms with Gasteiger partial charge in [0.05, 0.1) is 0 Å². The minimum atomic E-state index is -0.912. The average molecular weight is 204 g/mol. The topological polar surface area (TPSA) is 37.3 Å². The molecule has 0 aliphatic carbocycles. The van der Waals surface area contributed by atoms with Crippen molar-refractivity contribution in [2.75, 3.05) is 0 Å². The summed E-state index contributed by atoms with van der Waals surface area (Å²) in [6.45, 7) is 2.17. The van der Waals surface area contributed by atoms with Gasteiger partial charge in [-0.1, -0.05) is 37.6 Å². The molecule has 0 fully saturated rings. The lowest BCUT2D eigenvalue weighted by Crippen LogP contribution is -1.87. The van der Waals surface area contributed by atoms with Crippen molar-refractivity contribution in [3.05, 3.63) is 41.5 Å². The fourth-order valence-corrected chi connectivity index (χ4v) is 1.34. The highest BCUT2D eigenvalue weighted by molar-refractivity contribution is 5.85. The van der Waals surface area contributed by atoms with Gasteiger partial charge in [0.15, 0.2) is 0 Å². The number of benzene rings is 1. The third-order valence-electron chi connectivity index (χ3n) is 2.22. The van der Waals surface area contributed by atoms with Crippen LogP contribution < -0.4 is 0 Å². The molecule has 2 nitrogen and oxygen atoms in total. The first-order valence-electron chi connectivity index (χ1n) is 5.22. The Morgan fingerprint density at radius 2 is 2.00 bits per heavy atom. The number of carbonyl (C=O) groups is 1. The Balaban J connectivity index is 2.60. The molecule has 1 aromatic carbocycles. The van der Waals surface area contributed by atoms with Gasteiger partial charge in [-0.3, -0.25) is 0 Å². The van der Waals surface area contributed by atoms with E-state index in [1.807, 2.05) is 12.1 Å². The van der Waals surface area contributed by atoms with Gasteiger partial charge in [0, 0.05) is 6.08 Å². The third-order valence-corrected chi connectivity index (χ3v) is 2.22. The average Bonchev–Trinajstić information content (AvgIpc) is 2.25. The summed E-state index contributed by atoms with van der Waals surface area (Å²) in [4.78, 5) is 10.3. The van der Waals surface area contributed by atoms with Crippen LogP contribution in [0.1, 0.15) is 30.9 Å². The second-order valence-electron chi connectivity index (χ2n) is 3.52. The van der Waals surface area contributed by atoms with Gasteiger partial charge in [-0.25, -0.2) is 4.79 Å². The van der Waals surface area contributed by atoms with Crippen molar-refractivity contribution in [3.8, 4) is 0 Å². The normalized spacial score (nSPS) is 10.7. The van der Waals surface area contributed by atoms with Crippen LogP contribution in [0.2, 0.25) is 0 Å². The summed E-state index contributed by atoms with van der Waals surface area (Å²) >= 11 is 0. The molecule has 0 spiro atoms. The number of hydrogen-bond acceptors (Lipinski definition) is 1. The molecule has 0 radical (unpaired) electrons. The predicted octanol–water partition coefficient (Wildman–Crippen LogP) is 3.13. The number of carboxylic acid groups (broad SMARTS) is 1. The molecule has 80 valence electrons. The Hall–Kier alpha value is -1.57. The molecule has 1 aromatic rings. The summed E-state index contributed by atoms with van der Waals surface area (Å²) < 4.78 is 0. The van der Waals surface area contributed by atoms with E-state index in [2.05, 4.69) is 19.1 Å². The maximum atomic E-state index is 10.3. The molecule has 0 saturated carbocycles. The molecule has 0 aliphatic rings. The van der Waals surface area contributed by atoms with E-state index in [1.54, 1.807) is 6.08 Å². The van der Waals surface area contributed by atoms with Crippen LogP contribution in [0.25, 0.3) is 6.08 Å². The maximum Gasteiger partial charge on any atom is 0.328 e. The van der Waals surface area contributed by atoms with Crippen LogP contribution in [0.15, 0.2) is 30.3 Å². The molecule has 0 atom stereocenters. The Labute approximate surface area is 90.3 Å². The zero-order valence-corrected chi connectivity index (χ0v) is 8.94. The Bertz CT molecular complexity index is 336. The van der Waals surface area contributed by atoms with Crippen LogP contribution in [0.3, 0.4) is 0 Å². The second kappa shape index (κ2) is 6.02. The number of hydrogen-bond donors (Lipinski definition) is 1. The predicted molar refractivity (Wildman–Crippen MR) is 61.7 cm³/mol. The first-order chi connectivity index (χ1) is 7.22. The van der Waals surface area contributed by atoms with Gasteiger partial charge >= 0.3 is 5.97 Å². The summed E-state index contributed by atoms with van der Waals surface area (Å²) in [5, 5.41) is 8.46. The third kappa shape index (κ3) is 4.45. The van der Waals surface area contributed by atoms with Crippen molar-refractivity contribution in [2.45, 2.75) is 26.2 Å². The van der Waals surface area contributed by atoms with Gasteiger partial charge < -0.3 is 5.11 Å². The molecular formula is C13H16O2. The zero-order valence-electron chi connectivity index (χ0n) is 8.94. The Morgan fingerprint density at radius 1 is 1.33 bits per heavy atom. The molecule has 1 N–H and O–H groups in total. The standard InChI is InChI=1S/C13H16O2/c1-2-3-4-11-5-7-12(8-6-11)9-10-13(14)15/h5-10H,2-4H2,1H3,(H,14,15)/b10-9-. The highest BCUT2D eigenvalue weighted by atomic mass is 16.4.